The number of esters is 1. The van der Waals surface area contributed by atoms with Gasteiger partial charge < -0.3 is 14.6 Å². The third kappa shape index (κ3) is 5.49. The number of unbranched alkanes of at least 4 members (excludes halogenated alkanes) is 1. The van der Waals surface area contributed by atoms with E-state index in [9.17, 15) is 9.59 Å². The van der Waals surface area contributed by atoms with Crippen LogP contribution in [0, 0.1) is 6.92 Å². The number of rotatable bonds is 9. The third-order valence-corrected chi connectivity index (χ3v) is 5.80. The number of hydrogen-bond acceptors (Lipinski definition) is 8. The number of carbonyl (C=O) groups excluding carboxylic acids is 2. The normalized spacial score (nSPS) is 11.9. The number of anilines is 1. The molecule has 7 nitrogen and oxygen atoms in total. The second-order valence-corrected chi connectivity index (χ2v) is 8.04. The molecular formula is C19H21N3O4S2. The summed E-state index contributed by atoms with van der Waals surface area (Å²) in [5.74, 6) is 0.00545. The molecule has 3 aromatic heterocycles. The van der Waals surface area contributed by atoms with Gasteiger partial charge in [-0.1, -0.05) is 24.6 Å². The van der Waals surface area contributed by atoms with Crippen LogP contribution < -0.4 is 5.32 Å². The number of ether oxygens (including phenoxy) is 1. The van der Waals surface area contributed by atoms with Gasteiger partial charge in [0.05, 0.1) is 17.0 Å². The van der Waals surface area contributed by atoms with Crippen LogP contribution in [0.25, 0.3) is 9.88 Å². The van der Waals surface area contributed by atoms with Crippen LogP contribution in [0.1, 0.15) is 37.6 Å². The summed E-state index contributed by atoms with van der Waals surface area (Å²) in [6.45, 7) is 3.74. The predicted octanol–water partition coefficient (Wildman–Crippen LogP) is 4.45. The lowest BCUT2D eigenvalue weighted by molar-refractivity contribution is -0.154. The third-order valence-electron chi connectivity index (χ3n) is 3.87. The van der Waals surface area contributed by atoms with E-state index in [1.54, 1.807) is 24.3 Å². The van der Waals surface area contributed by atoms with Crippen molar-refractivity contribution in [2.75, 3.05) is 5.32 Å². The van der Waals surface area contributed by atoms with Crippen LogP contribution in [-0.4, -0.2) is 28.1 Å². The molecule has 0 bridgehead atoms. The molecule has 0 saturated carbocycles. The van der Waals surface area contributed by atoms with E-state index >= 15 is 0 Å². The Balaban J connectivity index is 1.59. The molecule has 28 heavy (non-hydrogen) atoms. The Hall–Kier alpha value is -2.52. The number of aryl methyl sites for hydroxylation is 1. The molecule has 0 aliphatic carbocycles. The van der Waals surface area contributed by atoms with Gasteiger partial charge >= 0.3 is 5.97 Å². The number of amides is 1. The van der Waals surface area contributed by atoms with Crippen LogP contribution in [-0.2, 0) is 20.7 Å². The number of carbonyl (C=O) groups is 2. The van der Waals surface area contributed by atoms with Gasteiger partial charge in [-0.15, -0.1) is 22.7 Å². The molecule has 1 atom stereocenters. The maximum absolute atomic E-state index is 12.5. The largest absolute Gasteiger partial charge is 0.452 e. The topological polar surface area (TPSA) is 94.3 Å². The molecule has 0 aliphatic heterocycles. The van der Waals surface area contributed by atoms with E-state index in [0.29, 0.717) is 23.7 Å². The molecule has 0 spiro atoms. The molecule has 9 heteroatoms. The lowest BCUT2D eigenvalue weighted by Gasteiger charge is -2.16. The Kier molecular flexibility index (Phi) is 6.94. The zero-order valence-electron chi connectivity index (χ0n) is 15.6. The summed E-state index contributed by atoms with van der Waals surface area (Å²) in [6, 6.07) is 5.56. The lowest BCUT2D eigenvalue weighted by atomic mass is 10.1. The highest BCUT2D eigenvalue weighted by atomic mass is 32.1. The van der Waals surface area contributed by atoms with Crippen LogP contribution in [0.5, 0.6) is 0 Å². The number of nitrogens with one attached hydrogen (secondary N) is 1. The number of aromatic nitrogens is 2. The molecule has 0 aliphatic rings. The summed E-state index contributed by atoms with van der Waals surface area (Å²) in [4.78, 5) is 30.4. The Morgan fingerprint density at radius 1 is 1.36 bits per heavy atom. The van der Waals surface area contributed by atoms with Gasteiger partial charge in [0.2, 0.25) is 0 Å². The van der Waals surface area contributed by atoms with Crippen molar-refractivity contribution in [3.63, 3.8) is 0 Å². The molecule has 1 amide bonds. The van der Waals surface area contributed by atoms with E-state index in [0.717, 1.165) is 22.7 Å². The van der Waals surface area contributed by atoms with E-state index in [1.807, 2.05) is 29.8 Å². The SMILES string of the molecule is CCCCC(OC(=O)Cc1csc(-c2cccs2)n1)C(=O)Nc1cc(C)on1. The summed E-state index contributed by atoms with van der Waals surface area (Å²) in [7, 11) is 0. The summed E-state index contributed by atoms with van der Waals surface area (Å²) >= 11 is 3.09. The van der Waals surface area contributed by atoms with Crippen molar-refractivity contribution in [1.29, 1.82) is 0 Å². The highest BCUT2D eigenvalue weighted by Gasteiger charge is 2.24. The van der Waals surface area contributed by atoms with Crippen LogP contribution in [0.3, 0.4) is 0 Å². The molecule has 0 aromatic carbocycles. The molecule has 1 unspecified atom stereocenters. The van der Waals surface area contributed by atoms with Crippen molar-refractivity contribution in [2.45, 2.75) is 45.6 Å². The van der Waals surface area contributed by atoms with E-state index in [1.165, 1.54) is 11.3 Å². The van der Waals surface area contributed by atoms with Gasteiger partial charge in [-0.25, -0.2) is 4.98 Å². The molecule has 1 N–H and O–H groups in total. The Bertz CT molecular complexity index is 917. The van der Waals surface area contributed by atoms with Crippen molar-refractivity contribution in [1.82, 2.24) is 10.1 Å². The van der Waals surface area contributed by atoms with Crippen molar-refractivity contribution in [2.24, 2.45) is 0 Å². The fourth-order valence-corrected chi connectivity index (χ4v) is 4.15. The zero-order chi connectivity index (χ0) is 19.9. The average molecular weight is 420 g/mol. The summed E-state index contributed by atoms with van der Waals surface area (Å²) in [5.41, 5.74) is 0.639. The number of hydrogen-bond donors (Lipinski definition) is 1. The Labute approximate surface area is 170 Å². The number of thiazole rings is 1. The number of thiophene rings is 1. The van der Waals surface area contributed by atoms with Gasteiger partial charge in [0.1, 0.15) is 10.8 Å². The Morgan fingerprint density at radius 2 is 2.21 bits per heavy atom. The smallest absolute Gasteiger partial charge is 0.312 e. The zero-order valence-corrected chi connectivity index (χ0v) is 17.3. The first kappa shape index (κ1) is 20.2. The van der Waals surface area contributed by atoms with Crippen molar-refractivity contribution < 1.29 is 18.8 Å². The summed E-state index contributed by atoms with van der Waals surface area (Å²) in [5, 5.41) is 11.1. The maximum atomic E-state index is 12.5. The van der Waals surface area contributed by atoms with Crippen LogP contribution in [0.2, 0.25) is 0 Å². The minimum atomic E-state index is -0.875. The quantitative estimate of drug-likeness (QED) is 0.515. The first-order chi connectivity index (χ1) is 13.5. The standard InChI is InChI=1S/C19H21N3O4S2/c1-3-4-6-14(18(24)21-16-9-12(2)26-22-16)25-17(23)10-13-11-28-19(20-13)15-7-5-8-27-15/h5,7-9,11,14H,3-4,6,10H2,1-2H3,(H,21,22,24). The first-order valence-electron chi connectivity index (χ1n) is 8.97. The summed E-state index contributed by atoms with van der Waals surface area (Å²) in [6.07, 6.45) is 1.26. The lowest BCUT2D eigenvalue weighted by Crippen LogP contribution is -2.33. The van der Waals surface area contributed by atoms with Gasteiger partial charge in [0, 0.05) is 11.4 Å². The van der Waals surface area contributed by atoms with E-state index in [-0.39, 0.29) is 6.42 Å². The predicted molar refractivity (Wildman–Crippen MR) is 108 cm³/mol. The van der Waals surface area contributed by atoms with Crippen LogP contribution >= 0.6 is 22.7 Å². The van der Waals surface area contributed by atoms with E-state index in [2.05, 4.69) is 15.5 Å². The fourth-order valence-electron chi connectivity index (χ4n) is 2.51. The molecule has 0 radical (unpaired) electrons. The van der Waals surface area contributed by atoms with Crippen LogP contribution in [0.4, 0.5) is 5.82 Å². The Morgan fingerprint density at radius 3 is 2.89 bits per heavy atom. The van der Waals surface area contributed by atoms with Crippen LogP contribution in [0.15, 0.2) is 33.5 Å². The molecule has 0 saturated heterocycles. The highest BCUT2D eigenvalue weighted by Crippen LogP contribution is 2.28. The molecule has 148 valence electrons. The molecular weight excluding hydrogens is 398 g/mol. The maximum Gasteiger partial charge on any atom is 0.312 e. The molecule has 3 heterocycles. The first-order valence-corrected chi connectivity index (χ1v) is 10.7. The summed E-state index contributed by atoms with van der Waals surface area (Å²) < 4.78 is 10.4. The second-order valence-electron chi connectivity index (χ2n) is 6.23. The highest BCUT2D eigenvalue weighted by molar-refractivity contribution is 7.20. The fraction of sp³-hybridized carbons (Fsp3) is 0.368. The number of nitrogens with zero attached hydrogens (tertiary/aromatic N) is 2. The van der Waals surface area contributed by atoms with E-state index in [4.69, 9.17) is 9.26 Å². The minimum Gasteiger partial charge on any atom is -0.452 e. The van der Waals surface area contributed by atoms with Crippen molar-refractivity contribution in [3.8, 4) is 9.88 Å². The van der Waals surface area contributed by atoms with E-state index < -0.39 is 18.0 Å². The van der Waals surface area contributed by atoms with Crippen molar-refractivity contribution >= 4 is 40.4 Å². The molecule has 3 aromatic rings. The van der Waals surface area contributed by atoms with Gasteiger partial charge in [-0.2, -0.15) is 0 Å². The minimum absolute atomic E-state index is 0.0286. The van der Waals surface area contributed by atoms with Gasteiger partial charge in [-0.05, 0) is 31.2 Å². The molecule has 3 rings (SSSR count). The van der Waals surface area contributed by atoms with Gasteiger partial charge in [0.25, 0.3) is 5.91 Å². The monoisotopic (exact) mass is 419 g/mol. The average Bonchev–Trinajstić information content (AvgIpc) is 3.40. The second kappa shape index (κ2) is 9.61. The molecule has 0 fully saturated rings. The van der Waals surface area contributed by atoms with Gasteiger partial charge in [-0.3, -0.25) is 9.59 Å². The van der Waals surface area contributed by atoms with Gasteiger partial charge in [0.15, 0.2) is 11.9 Å². The van der Waals surface area contributed by atoms with Crippen molar-refractivity contribution in [3.05, 3.63) is 40.4 Å².